The van der Waals surface area contributed by atoms with Gasteiger partial charge >= 0.3 is 5.97 Å². The second kappa shape index (κ2) is 5.96. The SMILES string of the molecule is Cn1cnnc1-c1cccc(NC(=O)CCC(=O)O)c1. The van der Waals surface area contributed by atoms with Crippen LogP contribution in [0.5, 0.6) is 0 Å². The van der Waals surface area contributed by atoms with Crippen molar-refractivity contribution in [3.63, 3.8) is 0 Å². The van der Waals surface area contributed by atoms with Crippen molar-refractivity contribution in [1.82, 2.24) is 14.8 Å². The van der Waals surface area contributed by atoms with Gasteiger partial charge in [-0.25, -0.2) is 0 Å². The third-order valence-corrected chi connectivity index (χ3v) is 2.68. The Morgan fingerprint density at radius 1 is 1.35 bits per heavy atom. The minimum Gasteiger partial charge on any atom is -0.481 e. The van der Waals surface area contributed by atoms with Crippen LogP contribution in [0, 0.1) is 0 Å². The Bertz CT molecular complexity index is 636. The van der Waals surface area contributed by atoms with Crippen LogP contribution in [0.3, 0.4) is 0 Å². The summed E-state index contributed by atoms with van der Waals surface area (Å²) >= 11 is 0. The molecule has 0 unspecified atom stereocenters. The van der Waals surface area contributed by atoms with E-state index in [9.17, 15) is 9.59 Å². The number of carboxylic acid groups (broad SMARTS) is 1. The maximum absolute atomic E-state index is 11.6. The number of benzene rings is 1. The number of hydrogen-bond donors (Lipinski definition) is 2. The lowest BCUT2D eigenvalue weighted by molar-refractivity contribution is -0.138. The first-order chi connectivity index (χ1) is 9.56. The monoisotopic (exact) mass is 274 g/mol. The maximum atomic E-state index is 11.6. The first kappa shape index (κ1) is 13.7. The van der Waals surface area contributed by atoms with Gasteiger partial charge in [0, 0.05) is 24.7 Å². The molecular weight excluding hydrogens is 260 g/mol. The number of aromatic nitrogens is 3. The van der Waals surface area contributed by atoms with Crippen LogP contribution >= 0.6 is 0 Å². The topological polar surface area (TPSA) is 97.1 Å². The zero-order valence-electron chi connectivity index (χ0n) is 10.9. The number of amides is 1. The Balaban J connectivity index is 2.09. The molecule has 0 aliphatic heterocycles. The van der Waals surface area contributed by atoms with Crippen LogP contribution in [0.4, 0.5) is 5.69 Å². The fraction of sp³-hybridized carbons (Fsp3) is 0.231. The summed E-state index contributed by atoms with van der Waals surface area (Å²) in [5, 5.41) is 19.0. The normalized spacial score (nSPS) is 10.2. The number of rotatable bonds is 5. The quantitative estimate of drug-likeness (QED) is 0.856. The average Bonchev–Trinajstić information content (AvgIpc) is 2.83. The Hall–Kier alpha value is -2.70. The smallest absolute Gasteiger partial charge is 0.303 e. The predicted octanol–water partition coefficient (Wildman–Crippen LogP) is 1.29. The van der Waals surface area contributed by atoms with Crippen LogP contribution in [0.2, 0.25) is 0 Å². The summed E-state index contributed by atoms with van der Waals surface area (Å²) in [6.07, 6.45) is 1.35. The molecule has 0 atom stereocenters. The van der Waals surface area contributed by atoms with E-state index in [1.165, 1.54) is 0 Å². The lowest BCUT2D eigenvalue weighted by Gasteiger charge is -2.06. The van der Waals surface area contributed by atoms with Gasteiger partial charge < -0.3 is 15.0 Å². The van der Waals surface area contributed by atoms with Crippen molar-refractivity contribution in [3.8, 4) is 11.4 Å². The van der Waals surface area contributed by atoms with Crippen LogP contribution in [0.15, 0.2) is 30.6 Å². The summed E-state index contributed by atoms with van der Waals surface area (Å²) in [7, 11) is 1.83. The standard InChI is InChI=1S/C13H14N4O3/c1-17-8-14-16-13(17)9-3-2-4-10(7-9)15-11(18)5-6-12(19)20/h2-4,7-8H,5-6H2,1H3,(H,15,18)(H,19,20). The molecule has 1 aromatic carbocycles. The van der Waals surface area contributed by atoms with E-state index >= 15 is 0 Å². The number of carboxylic acids is 1. The number of carbonyl (C=O) groups is 2. The molecule has 0 spiro atoms. The predicted molar refractivity (Wildman–Crippen MR) is 71.9 cm³/mol. The lowest BCUT2D eigenvalue weighted by atomic mass is 10.2. The van der Waals surface area contributed by atoms with Crippen molar-refractivity contribution < 1.29 is 14.7 Å². The highest BCUT2D eigenvalue weighted by Gasteiger charge is 2.08. The first-order valence-corrected chi connectivity index (χ1v) is 6.02. The van der Waals surface area contributed by atoms with Crippen molar-refractivity contribution in [2.45, 2.75) is 12.8 Å². The summed E-state index contributed by atoms with van der Waals surface area (Å²) in [5.41, 5.74) is 1.42. The van der Waals surface area contributed by atoms with Gasteiger partial charge in [0.05, 0.1) is 6.42 Å². The van der Waals surface area contributed by atoms with Crippen molar-refractivity contribution in [1.29, 1.82) is 0 Å². The molecule has 0 aliphatic rings. The molecule has 20 heavy (non-hydrogen) atoms. The van der Waals surface area contributed by atoms with E-state index in [4.69, 9.17) is 5.11 Å². The van der Waals surface area contributed by atoms with Crippen LogP contribution in [0.1, 0.15) is 12.8 Å². The van der Waals surface area contributed by atoms with Gasteiger partial charge in [-0.1, -0.05) is 12.1 Å². The molecule has 1 aromatic heterocycles. The van der Waals surface area contributed by atoms with Crippen molar-refractivity contribution in [2.24, 2.45) is 7.05 Å². The van der Waals surface area contributed by atoms with E-state index in [2.05, 4.69) is 15.5 Å². The Morgan fingerprint density at radius 2 is 2.15 bits per heavy atom. The summed E-state index contributed by atoms with van der Waals surface area (Å²) in [4.78, 5) is 22.0. The molecule has 7 heteroatoms. The molecule has 2 N–H and O–H groups in total. The number of aryl methyl sites for hydroxylation is 1. The highest BCUT2D eigenvalue weighted by Crippen LogP contribution is 2.20. The van der Waals surface area contributed by atoms with Gasteiger partial charge in [0.2, 0.25) is 5.91 Å². The van der Waals surface area contributed by atoms with Gasteiger partial charge in [-0.05, 0) is 12.1 Å². The fourth-order valence-corrected chi connectivity index (χ4v) is 1.72. The molecule has 0 radical (unpaired) electrons. The minimum atomic E-state index is -0.993. The van der Waals surface area contributed by atoms with Crippen molar-refractivity contribution >= 4 is 17.6 Å². The van der Waals surface area contributed by atoms with E-state index in [1.54, 1.807) is 29.1 Å². The van der Waals surface area contributed by atoms with Crippen LogP contribution in [-0.4, -0.2) is 31.7 Å². The number of nitrogens with zero attached hydrogens (tertiary/aromatic N) is 3. The number of aliphatic carboxylic acids is 1. The van der Waals surface area contributed by atoms with Gasteiger partial charge in [-0.15, -0.1) is 10.2 Å². The molecule has 0 saturated heterocycles. The maximum Gasteiger partial charge on any atom is 0.303 e. The number of nitrogens with one attached hydrogen (secondary N) is 1. The molecule has 1 amide bonds. The summed E-state index contributed by atoms with van der Waals surface area (Å²) in [6.45, 7) is 0. The molecule has 0 saturated carbocycles. The molecule has 0 aliphatic carbocycles. The van der Waals surface area contributed by atoms with Gasteiger partial charge in [0.15, 0.2) is 5.82 Å². The highest BCUT2D eigenvalue weighted by atomic mass is 16.4. The molecule has 0 fully saturated rings. The summed E-state index contributed by atoms with van der Waals surface area (Å²) < 4.78 is 1.77. The summed E-state index contributed by atoms with van der Waals surface area (Å²) in [5.74, 6) is -0.637. The van der Waals surface area contributed by atoms with E-state index in [0.29, 0.717) is 11.5 Å². The van der Waals surface area contributed by atoms with E-state index in [-0.39, 0.29) is 18.7 Å². The Labute approximate surface area is 115 Å². The van der Waals surface area contributed by atoms with Crippen molar-refractivity contribution in [3.05, 3.63) is 30.6 Å². The second-order valence-electron chi connectivity index (χ2n) is 4.29. The van der Waals surface area contributed by atoms with Gasteiger partial charge in [-0.3, -0.25) is 9.59 Å². The lowest BCUT2D eigenvalue weighted by Crippen LogP contribution is -2.13. The molecule has 7 nitrogen and oxygen atoms in total. The van der Waals surface area contributed by atoms with Crippen LogP contribution in [0.25, 0.3) is 11.4 Å². The van der Waals surface area contributed by atoms with Crippen molar-refractivity contribution in [2.75, 3.05) is 5.32 Å². The number of carbonyl (C=O) groups excluding carboxylic acids is 1. The molecular formula is C13H14N4O3. The summed E-state index contributed by atoms with van der Waals surface area (Å²) in [6, 6.07) is 7.15. The molecule has 2 rings (SSSR count). The van der Waals surface area contributed by atoms with E-state index in [0.717, 1.165) is 5.56 Å². The van der Waals surface area contributed by atoms with Crippen LogP contribution < -0.4 is 5.32 Å². The molecule has 104 valence electrons. The molecule has 1 heterocycles. The van der Waals surface area contributed by atoms with Gasteiger partial charge in [0.1, 0.15) is 6.33 Å². The molecule has 0 bridgehead atoms. The molecule has 2 aromatic rings. The second-order valence-corrected chi connectivity index (χ2v) is 4.29. The average molecular weight is 274 g/mol. The zero-order chi connectivity index (χ0) is 14.5. The largest absolute Gasteiger partial charge is 0.481 e. The van der Waals surface area contributed by atoms with Gasteiger partial charge in [0.25, 0.3) is 0 Å². The van der Waals surface area contributed by atoms with E-state index in [1.807, 2.05) is 13.1 Å². The third kappa shape index (κ3) is 3.41. The first-order valence-electron chi connectivity index (χ1n) is 6.02. The zero-order valence-corrected chi connectivity index (χ0v) is 10.9. The number of anilines is 1. The fourth-order valence-electron chi connectivity index (χ4n) is 1.72. The highest BCUT2D eigenvalue weighted by molar-refractivity contribution is 5.92. The van der Waals surface area contributed by atoms with E-state index < -0.39 is 5.97 Å². The Kier molecular flexibility index (Phi) is 4.09. The third-order valence-electron chi connectivity index (χ3n) is 2.68. The van der Waals surface area contributed by atoms with Gasteiger partial charge in [-0.2, -0.15) is 0 Å². The minimum absolute atomic E-state index is 0.0521. The Morgan fingerprint density at radius 3 is 2.80 bits per heavy atom. The van der Waals surface area contributed by atoms with Crippen LogP contribution in [-0.2, 0) is 16.6 Å². The number of hydrogen-bond acceptors (Lipinski definition) is 4.